The Morgan fingerprint density at radius 2 is 2.07 bits per heavy atom. The highest BCUT2D eigenvalue weighted by molar-refractivity contribution is 5.80. The lowest BCUT2D eigenvalue weighted by Crippen LogP contribution is -2.50. The fraction of sp³-hybridized carbons (Fsp3) is 0.429. The average Bonchev–Trinajstić information content (AvgIpc) is 3.38. The molecule has 6 nitrogen and oxygen atoms in total. The summed E-state index contributed by atoms with van der Waals surface area (Å²) >= 11 is 0. The van der Waals surface area contributed by atoms with Crippen molar-refractivity contribution in [3.05, 3.63) is 59.9 Å². The molecule has 0 spiro atoms. The van der Waals surface area contributed by atoms with E-state index in [2.05, 4.69) is 32.9 Å². The van der Waals surface area contributed by atoms with Gasteiger partial charge in [-0.3, -0.25) is 20.6 Å². The number of nitrogens with one attached hydrogen (secondary N) is 2. The van der Waals surface area contributed by atoms with Crippen LogP contribution >= 0.6 is 0 Å². The van der Waals surface area contributed by atoms with E-state index in [1.807, 2.05) is 36.7 Å². The van der Waals surface area contributed by atoms with Gasteiger partial charge in [-0.1, -0.05) is 18.2 Å². The monoisotopic (exact) mass is 366 g/mol. The van der Waals surface area contributed by atoms with E-state index in [1.54, 1.807) is 7.11 Å². The van der Waals surface area contributed by atoms with Crippen LogP contribution in [0.2, 0.25) is 0 Å². The van der Waals surface area contributed by atoms with Crippen LogP contribution in [0.15, 0.2) is 48.8 Å². The number of amides is 1. The second kappa shape index (κ2) is 8.06. The zero-order chi connectivity index (χ0) is 18.6. The van der Waals surface area contributed by atoms with Crippen LogP contribution in [-0.4, -0.2) is 48.1 Å². The van der Waals surface area contributed by atoms with Gasteiger partial charge in [0.25, 0.3) is 0 Å². The number of aromatic nitrogens is 1. The Labute approximate surface area is 159 Å². The molecule has 27 heavy (non-hydrogen) atoms. The summed E-state index contributed by atoms with van der Waals surface area (Å²) in [5.41, 5.74) is 8.93. The maximum Gasteiger partial charge on any atom is 0.227 e. The molecule has 2 aliphatic rings. The van der Waals surface area contributed by atoms with Crippen molar-refractivity contribution in [2.24, 2.45) is 0 Å². The number of carbonyl (C=O) groups excluding carboxylic acids is 1. The maximum absolute atomic E-state index is 13.1. The number of ether oxygens (including phenoxy) is 1. The van der Waals surface area contributed by atoms with Crippen LogP contribution in [0.3, 0.4) is 0 Å². The fourth-order valence-corrected chi connectivity index (χ4v) is 4.40. The molecule has 2 aliphatic heterocycles. The minimum Gasteiger partial charge on any atom is -0.496 e. The highest BCUT2D eigenvalue weighted by atomic mass is 16.5. The van der Waals surface area contributed by atoms with Crippen LogP contribution in [0.5, 0.6) is 5.75 Å². The Morgan fingerprint density at radius 1 is 1.26 bits per heavy atom. The van der Waals surface area contributed by atoms with E-state index >= 15 is 0 Å². The van der Waals surface area contributed by atoms with Crippen molar-refractivity contribution >= 4 is 5.91 Å². The molecule has 6 heteroatoms. The van der Waals surface area contributed by atoms with Gasteiger partial charge in [0, 0.05) is 49.0 Å². The highest BCUT2D eigenvalue weighted by Crippen LogP contribution is 2.32. The summed E-state index contributed by atoms with van der Waals surface area (Å²) in [6, 6.07) is 12.3. The minimum absolute atomic E-state index is 0.171. The van der Waals surface area contributed by atoms with Crippen molar-refractivity contribution in [1.29, 1.82) is 0 Å². The summed E-state index contributed by atoms with van der Waals surface area (Å²) < 4.78 is 5.41. The summed E-state index contributed by atoms with van der Waals surface area (Å²) in [7, 11) is 1.65. The number of hydrogen-bond donors (Lipinski definition) is 2. The van der Waals surface area contributed by atoms with Crippen LogP contribution in [0, 0.1) is 0 Å². The quantitative estimate of drug-likeness (QED) is 0.846. The number of nitrogens with zero attached hydrogens (tertiary/aromatic N) is 2. The predicted molar refractivity (Wildman–Crippen MR) is 103 cm³/mol. The van der Waals surface area contributed by atoms with Crippen LogP contribution in [0.25, 0.3) is 0 Å². The first kappa shape index (κ1) is 17.9. The molecule has 1 aromatic heterocycles. The molecule has 3 unspecified atom stereocenters. The molecule has 142 valence electrons. The summed E-state index contributed by atoms with van der Waals surface area (Å²) in [6.45, 7) is 1.68. The van der Waals surface area contributed by atoms with Gasteiger partial charge in [-0.2, -0.15) is 0 Å². The number of pyridine rings is 1. The molecule has 1 aromatic carbocycles. The van der Waals surface area contributed by atoms with Gasteiger partial charge < -0.3 is 9.64 Å². The molecule has 3 heterocycles. The van der Waals surface area contributed by atoms with Gasteiger partial charge in [0.2, 0.25) is 5.91 Å². The predicted octanol–water partition coefficient (Wildman–Crippen LogP) is 1.88. The number of para-hydroxylation sites is 1. The van der Waals surface area contributed by atoms with Crippen molar-refractivity contribution in [3.8, 4) is 5.75 Å². The Bertz CT molecular complexity index is 783. The lowest BCUT2D eigenvalue weighted by Gasteiger charge is -2.32. The van der Waals surface area contributed by atoms with Crippen molar-refractivity contribution in [2.75, 3.05) is 20.2 Å². The molecule has 0 aliphatic carbocycles. The van der Waals surface area contributed by atoms with E-state index in [0.717, 1.165) is 37.2 Å². The number of carbonyl (C=O) groups is 1. The van der Waals surface area contributed by atoms with E-state index in [-0.39, 0.29) is 18.0 Å². The van der Waals surface area contributed by atoms with Crippen molar-refractivity contribution in [2.45, 2.75) is 37.3 Å². The van der Waals surface area contributed by atoms with Gasteiger partial charge in [-0.05, 0) is 36.6 Å². The molecule has 0 bridgehead atoms. The van der Waals surface area contributed by atoms with Gasteiger partial charge in [0.05, 0.1) is 13.5 Å². The van der Waals surface area contributed by atoms with Crippen LogP contribution in [0.1, 0.15) is 29.9 Å². The third-order valence-corrected chi connectivity index (χ3v) is 5.73. The first-order valence-electron chi connectivity index (χ1n) is 9.57. The van der Waals surface area contributed by atoms with Crippen molar-refractivity contribution in [3.63, 3.8) is 0 Å². The molecule has 0 saturated carbocycles. The average molecular weight is 366 g/mol. The van der Waals surface area contributed by atoms with E-state index in [1.165, 1.54) is 5.56 Å². The number of hydrazine groups is 1. The van der Waals surface area contributed by atoms with Gasteiger partial charge >= 0.3 is 0 Å². The molecule has 3 atom stereocenters. The molecule has 4 rings (SSSR count). The molecular formula is C21H26N4O2. The van der Waals surface area contributed by atoms with Crippen LogP contribution in [-0.2, 0) is 11.2 Å². The van der Waals surface area contributed by atoms with E-state index < -0.39 is 0 Å². The maximum atomic E-state index is 13.1. The molecule has 0 radical (unpaired) electrons. The summed E-state index contributed by atoms with van der Waals surface area (Å²) in [6.07, 6.45) is 6.12. The third-order valence-electron chi connectivity index (χ3n) is 5.73. The molecule has 2 saturated heterocycles. The second-order valence-electron chi connectivity index (χ2n) is 7.22. The fourth-order valence-electron chi connectivity index (χ4n) is 4.40. The molecule has 2 N–H and O–H groups in total. The van der Waals surface area contributed by atoms with Gasteiger partial charge in [-0.15, -0.1) is 0 Å². The largest absolute Gasteiger partial charge is 0.496 e. The Kier molecular flexibility index (Phi) is 5.36. The normalized spacial score (nSPS) is 24.9. The Morgan fingerprint density at radius 3 is 2.89 bits per heavy atom. The number of rotatable bonds is 5. The summed E-state index contributed by atoms with van der Waals surface area (Å²) in [4.78, 5) is 19.3. The van der Waals surface area contributed by atoms with E-state index in [4.69, 9.17) is 4.74 Å². The van der Waals surface area contributed by atoms with Crippen molar-refractivity contribution < 1.29 is 9.53 Å². The number of likely N-dealkylation sites (tertiary alicyclic amines) is 1. The summed E-state index contributed by atoms with van der Waals surface area (Å²) in [5, 5.41) is 0. The SMILES string of the molecule is COc1ccccc1CC(=O)N1CCCC1C1NNCC1c1ccncc1. The van der Waals surface area contributed by atoms with Gasteiger partial charge in [0.1, 0.15) is 5.75 Å². The lowest BCUT2D eigenvalue weighted by molar-refractivity contribution is -0.131. The lowest BCUT2D eigenvalue weighted by atomic mass is 9.88. The molecule has 2 aromatic rings. The zero-order valence-corrected chi connectivity index (χ0v) is 15.6. The minimum atomic E-state index is 0.171. The standard InChI is InChI=1S/C21H26N4O2/c1-27-19-7-3-2-5-16(19)13-20(26)25-12-4-6-18(25)21-17(14-23-24-21)15-8-10-22-11-9-15/h2-3,5,7-11,17-18,21,23-24H,4,6,12-14H2,1H3. The number of hydrogen-bond acceptors (Lipinski definition) is 5. The van der Waals surface area contributed by atoms with E-state index in [0.29, 0.717) is 12.3 Å². The summed E-state index contributed by atoms with van der Waals surface area (Å²) in [5.74, 6) is 1.28. The number of benzene rings is 1. The van der Waals surface area contributed by atoms with Crippen LogP contribution < -0.4 is 15.6 Å². The first-order valence-corrected chi connectivity index (χ1v) is 9.57. The molecule has 2 fully saturated rings. The smallest absolute Gasteiger partial charge is 0.227 e. The topological polar surface area (TPSA) is 66.5 Å². The zero-order valence-electron chi connectivity index (χ0n) is 15.6. The third kappa shape index (κ3) is 3.68. The molecular weight excluding hydrogens is 340 g/mol. The van der Waals surface area contributed by atoms with Gasteiger partial charge in [-0.25, -0.2) is 0 Å². The highest BCUT2D eigenvalue weighted by Gasteiger charge is 2.41. The van der Waals surface area contributed by atoms with Crippen LogP contribution in [0.4, 0.5) is 0 Å². The Hall–Kier alpha value is -2.44. The number of methoxy groups -OCH3 is 1. The second-order valence-corrected chi connectivity index (χ2v) is 7.22. The molecule has 1 amide bonds. The van der Waals surface area contributed by atoms with E-state index in [9.17, 15) is 4.79 Å². The van der Waals surface area contributed by atoms with Gasteiger partial charge in [0.15, 0.2) is 0 Å². The van der Waals surface area contributed by atoms with Crippen molar-refractivity contribution in [1.82, 2.24) is 20.7 Å². The first-order chi connectivity index (χ1) is 13.3. The Balaban J connectivity index is 1.51.